The molecule has 0 N–H and O–H groups in total. The molecule has 0 saturated heterocycles. The van der Waals surface area contributed by atoms with Gasteiger partial charge in [0.2, 0.25) is 0 Å². The predicted molar refractivity (Wildman–Crippen MR) is 142 cm³/mol. The largest absolute Gasteiger partial charge is 0.465 e. The first-order chi connectivity index (χ1) is 15.7. The molecule has 1 atom stereocenters. The molecule has 0 bridgehead atoms. The summed E-state index contributed by atoms with van der Waals surface area (Å²) in [5.41, 5.74) is 0. The van der Waals surface area contributed by atoms with E-state index in [-0.39, 0.29) is 5.97 Å². The summed E-state index contributed by atoms with van der Waals surface area (Å²) in [7, 11) is 0. The molecule has 0 aromatic rings. The molecule has 0 aliphatic rings. The first-order valence-electron chi connectivity index (χ1n) is 13.1. The van der Waals surface area contributed by atoms with Gasteiger partial charge in [0.05, 0.1) is 6.61 Å². The SMILES string of the molecule is CC/C=C\C/C=C\C/C=C\C/C=C\C/C=C\CCCCCC(=O)OCC(CC)CCCC. The number of hydrogen-bond donors (Lipinski definition) is 0. The average molecular weight is 443 g/mol. The van der Waals surface area contributed by atoms with Crippen LogP contribution < -0.4 is 0 Å². The van der Waals surface area contributed by atoms with Crippen molar-refractivity contribution >= 4 is 5.97 Å². The third kappa shape index (κ3) is 22.8. The molecule has 0 aromatic carbocycles. The van der Waals surface area contributed by atoms with Crippen LogP contribution in [0, 0.1) is 5.92 Å². The lowest BCUT2D eigenvalue weighted by Crippen LogP contribution is -2.13. The summed E-state index contributed by atoms with van der Waals surface area (Å²) in [6.45, 7) is 7.16. The highest BCUT2D eigenvalue weighted by Gasteiger charge is 2.09. The molecule has 0 saturated carbocycles. The fourth-order valence-electron chi connectivity index (χ4n) is 3.26. The van der Waals surface area contributed by atoms with Crippen LogP contribution >= 0.6 is 0 Å². The monoisotopic (exact) mass is 442 g/mol. The van der Waals surface area contributed by atoms with E-state index in [2.05, 4.69) is 81.5 Å². The highest BCUT2D eigenvalue weighted by Crippen LogP contribution is 2.13. The number of hydrogen-bond acceptors (Lipinski definition) is 2. The molecule has 0 amide bonds. The minimum atomic E-state index is -0.0187. The van der Waals surface area contributed by atoms with Gasteiger partial charge in [0, 0.05) is 6.42 Å². The number of ether oxygens (including phenoxy) is 1. The van der Waals surface area contributed by atoms with Crippen LogP contribution in [0.2, 0.25) is 0 Å². The zero-order valence-corrected chi connectivity index (χ0v) is 21.3. The third-order valence-corrected chi connectivity index (χ3v) is 5.43. The van der Waals surface area contributed by atoms with Gasteiger partial charge in [-0.15, -0.1) is 0 Å². The summed E-state index contributed by atoms with van der Waals surface area (Å²) >= 11 is 0. The summed E-state index contributed by atoms with van der Waals surface area (Å²) in [5, 5.41) is 0. The summed E-state index contributed by atoms with van der Waals surface area (Å²) in [4.78, 5) is 11.9. The van der Waals surface area contributed by atoms with Gasteiger partial charge in [-0.3, -0.25) is 4.79 Å². The van der Waals surface area contributed by atoms with Crippen molar-refractivity contribution in [1.82, 2.24) is 0 Å². The van der Waals surface area contributed by atoms with Crippen LogP contribution in [-0.4, -0.2) is 12.6 Å². The molecule has 0 spiro atoms. The van der Waals surface area contributed by atoms with Crippen molar-refractivity contribution in [2.75, 3.05) is 6.61 Å². The maximum absolute atomic E-state index is 11.9. The second-order valence-corrected chi connectivity index (χ2v) is 8.41. The number of esters is 1. The Balaban J connectivity index is 3.55. The number of carbonyl (C=O) groups excluding carboxylic acids is 1. The van der Waals surface area contributed by atoms with Crippen molar-refractivity contribution in [3.63, 3.8) is 0 Å². The average Bonchev–Trinajstić information content (AvgIpc) is 2.80. The highest BCUT2D eigenvalue weighted by atomic mass is 16.5. The van der Waals surface area contributed by atoms with E-state index in [0.29, 0.717) is 18.9 Å². The van der Waals surface area contributed by atoms with E-state index >= 15 is 0 Å². The van der Waals surface area contributed by atoms with Gasteiger partial charge in [-0.1, -0.05) is 107 Å². The van der Waals surface area contributed by atoms with E-state index in [1.54, 1.807) is 0 Å². The van der Waals surface area contributed by atoms with Crippen LogP contribution in [0.1, 0.15) is 111 Å². The zero-order chi connectivity index (χ0) is 23.5. The van der Waals surface area contributed by atoms with Crippen molar-refractivity contribution in [1.29, 1.82) is 0 Å². The lowest BCUT2D eigenvalue weighted by Gasteiger charge is -2.14. The van der Waals surface area contributed by atoms with Gasteiger partial charge in [0.1, 0.15) is 0 Å². The smallest absolute Gasteiger partial charge is 0.305 e. The summed E-state index contributed by atoms with van der Waals surface area (Å²) in [6, 6.07) is 0. The van der Waals surface area contributed by atoms with Crippen LogP contribution in [0.25, 0.3) is 0 Å². The van der Waals surface area contributed by atoms with Crippen LogP contribution in [0.3, 0.4) is 0 Å². The van der Waals surface area contributed by atoms with Gasteiger partial charge in [-0.05, 0) is 63.7 Å². The Labute approximate surface area is 199 Å². The van der Waals surface area contributed by atoms with E-state index in [0.717, 1.165) is 64.2 Å². The normalized spacial score (nSPS) is 13.5. The van der Waals surface area contributed by atoms with E-state index in [1.165, 1.54) is 19.3 Å². The molecule has 32 heavy (non-hydrogen) atoms. The summed E-state index contributed by atoms with van der Waals surface area (Å²) in [6.07, 6.45) is 37.0. The zero-order valence-electron chi connectivity index (χ0n) is 21.3. The Kier molecular flexibility index (Phi) is 24.0. The third-order valence-electron chi connectivity index (χ3n) is 5.43. The van der Waals surface area contributed by atoms with Crippen molar-refractivity contribution in [3.05, 3.63) is 60.8 Å². The van der Waals surface area contributed by atoms with Gasteiger partial charge in [-0.2, -0.15) is 0 Å². The number of unbranched alkanes of at least 4 members (excludes halogenated alkanes) is 4. The van der Waals surface area contributed by atoms with Crippen LogP contribution in [0.4, 0.5) is 0 Å². The minimum Gasteiger partial charge on any atom is -0.465 e. The standard InChI is InChI=1S/C30H50O2/c1-4-7-9-10-11-12-13-14-15-16-17-18-19-20-21-22-23-24-25-27-30(31)32-28-29(6-3)26-8-5-2/h7,9,11-12,14-15,17-18,20-21,29H,4-6,8,10,13,16,19,22-28H2,1-3H3/b9-7-,12-11-,15-14-,18-17-,21-20-. The lowest BCUT2D eigenvalue weighted by molar-refractivity contribution is -0.145. The number of rotatable bonds is 21. The molecule has 0 aromatic heterocycles. The van der Waals surface area contributed by atoms with Gasteiger partial charge in [-0.25, -0.2) is 0 Å². The van der Waals surface area contributed by atoms with E-state index in [1.807, 2.05) is 0 Å². The Bertz CT molecular complexity index is 551. The van der Waals surface area contributed by atoms with Crippen molar-refractivity contribution < 1.29 is 9.53 Å². The molecule has 0 heterocycles. The van der Waals surface area contributed by atoms with E-state index < -0.39 is 0 Å². The molecule has 0 fully saturated rings. The van der Waals surface area contributed by atoms with Crippen molar-refractivity contribution in [2.24, 2.45) is 5.92 Å². The van der Waals surface area contributed by atoms with Gasteiger partial charge < -0.3 is 4.74 Å². The van der Waals surface area contributed by atoms with E-state index in [9.17, 15) is 4.79 Å². The summed E-state index contributed by atoms with van der Waals surface area (Å²) in [5.74, 6) is 0.518. The predicted octanol–water partition coefficient (Wildman–Crippen LogP) is 9.45. The first kappa shape index (κ1) is 30.2. The van der Waals surface area contributed by atoms with Crippen LogP contribution in [-0.2, 0) is 9.53 Å². The molecule has 2 heteroatoms. The van der Waals surface area contributed by atoms with Crippen molar-refractivity contribution in [3.8, 4) is 0 Å². The molecule has 2 nitrogen and oxygen atoms in total. The second-order valence-electron chi connectivity index (χ2n) is 8.41. The van der Waals surface area contributed by atoms with Gasteiger partial charge >= 0.3 is 5.97 Å². The first-order valence-corrected chi connectivity index (χ1v) is 13.1. The molecule has 0 radical (unpaired) electrons. The Hall–Kier alpha value is -1.83. The fraction of sp³-hybridized carbons (Fsp3) is 0.633. The molecule has 182 valence electrons. The quantitative estimate of drug-likeness (QED) is 0.100. The molecule has 1 unspecified atom stereocenters. The molecular formula is C30H50O2. The molecular weight excluding hydrogens is 392 g/mol. The Morgan fingerprint density at radius 1 is 0.688 bits per heavy atom. The van der Waals surface area contributed by atoms with E-state index in [4.69, 9.17) is 4.74 Å². The number of allylic oxidation sites excluding steroid dienone is 10. The Morgan fingerprint density at radius 3 is 1.78 bits per heavy atom. The van der Waals surface area contributed by atoms with Crippen molar-refractivity contribution in [2.45, 2.75) is 111 Å². The van der Waals surface area contributed by atoms with Gasteiger partial charge in [0.15, 0.2) is 0 Å². The second kappa shape index (κ2) is 25.4. The lowest BCUT2D eigenvalue weighted by atomic mass is 10.0. The molecule has 0 rings (SSSR count). The van der Waals surface area contributed by atoms with Crippen LogP contribution in [0.15, 0.2) is 60.8 Å². The molecule has 0 aliphatic carbocycles. The minimum absolute atomic E-state index is 0.0187. The number of carbonyl (C=O) groups is 1. The molecule has 0 aliphatic heterocycles. The maximum atomic E-state index is 11.9. The topological polar surface area (TPSA) is 26.3 Å². The highest BCUT2D eigenvalue weighted by molar-refractivity contribution is 5.69. The maximum Gasteiger partial charge on any atom is 0.305 e. The van der Waals surface area contributed by atoms with Gasteiger partial charge in [0.25, 0.3) is 0 Å². The summed E-state index contributed by atoms with van der Waals surface area (Å²) < 4.78 is 5.46. The van der Waals surface area contributed by atoms with Crippen LogP contribution in [0.5, 0.6) is 0 Å². The fourth-order valence-corrected chi connectivity index (χ4v) is 3.26. The Morgan fingerprint density at radius 2 is 1.25 bits per heavy atom.